The van der Waals surface area contributed by atoms with Crippen LogP contribution in [0, 0.1) is 5.82 Å². The fourth-order valence-corrected chi connectivity index (χ4v) is 3.80. The molecule has 0 saturated carbocycles. The van der Waals surface area contributed by atoms with Gasteiger partial charge >= 0.3 is 0 Å². The number of halogens is 2. The van der Waals surface area contributed by atoms with Crippen molar-refractivity contribution >= 4 is 11.6 Å². The molecule has 0 saturated heterocycles. The van der Waals surface area contributed by atoms with E-state index in [9.17, 15) is 9.50 Å². The molecular weight excluding hydrogens is 373 g/mol. The van der Waals surface area contributed by atoms with Crippen LogP contribution in [0.2, 0.25) is 5.02 Å². The topological polar surface area (TPSA) is 32.3 Å². The molecule has 28 heavy (non-hydrogen) atoms. The molecule has 4 heteroatoms. The Morgan fingerprint density at radius 2 is 1.71 bits per heavy atom. The van der Waals surface area contributed by atoms with Crippen LogP contribution >= 0.6 is 11.6 Å². The van der Waals surface area contributed by atoms with Gasteiger partial charge in [0.1, 0.15) is 11.6 Å². The van der Waals surface area contributed by atoms with E-state index in [2.05, 4.69) is 24.4 Å². The second-order valence-electron chi connectivity index (χ2n) is 7.01. The molecule has 0 aliphatic rings. The molecule has 0 fully saturated rings. The number of benzene rings is 3. The lowest BCUT2D eigenvalue weighted by molar-refractivity contribution is 0.390. The second kappa shape index (κ2) is 9.22. The predicted molar refractivity (Wildman–Crippen MR) is 113 cm³/mol. The highest BCUT2D eigenvalue weighted by molar-refractivity contribution is 6.31. The quantitative estimate of drug-likeness (QED) is 0.453. The van der Waals surface area contributed by atoms with Gasteiger partial charge in [0.25, 0.3) is 0 Å². The molecule has 0 aliphatic heterocycles. The first-order chi connectivity index (χ1) is 13.5. The lowest BCUT2D eigenvalue weighted by Crippen LogP contribution is -2.46. The van der Waals surface area contributed by atoms with Crippen molar-refractivity contribution in [3.05, 3.63) is 100 Å². The third-order valence-corrected chi connectivity index (χ3v) is 5.39. The number of hydrogen-bond acceptors (Lipinski definition) is 2. The van der Waals surface area contributed by atoms with Crippen LogP contribution in [0.25, 0.3) is 0 Å². The second-order valence-corrected chi connectivity index (χ2v) is 7.42. The first kappa shape index (κ1) is 20.4. The zero-order valence-corrected chi connectivity index (χ0v) is 16.7. The molecule has 146 valence electrons. The molecular formula is C24H25ClFNO. The van der Waals surface area contributed by atoms with Crippen molar-refractivity contribution in [1.29, 1.82) is 0 Å². The van der Waals surface area contributed by atoms with E-state index in [0.717, 1.165) is 36.1 Å². The highest BCUT2D eigenvalue weighted by Gasteiger charge is 2.35. The summed E-state index contributed by atoms with van der Waals surface area (Å²) >= 11 is 6.44. The molecule has 0 radical (unpaired) electrons. The van der Waals surface area contributed by atoms with Crippen LogP contribution < -0.4 is 5.32 Å². The maximum Gasteiger partial charge on any atom is 0.123 e. The van der Waals surface area contributed by atoms with Crippen LogP contribution in [0.1, 0.15) is 36.5 Å². The van der Waals surface area contributed by atoms with Crippen molar-refractivity contribution in [3.63, 3.8) is 0 Å². The third-order valence-electron chi connectivity index (χ3n) is 5.03. The first-order valence-electron chi connectivity index (χ1n) is 9.59. The zero-order chi connectivity index (χ0) is 20.0. The number of phenols is 1. The average molecular weight is 398 g/mol. The van der Waals surface area contributed by atoms with E-state index in [0.29, 0.717) is 11.4 Å². The first-order valence-corrected chi connectivity index (χ1v) is 9.97. The molecule has 0 aliphatic carbocycles. The number of nitrogens with one attached hydrogen (secondary N) is 1. The Labute approximate surface area is 171 Å². The highest BCUT2D eigenvalue weighted by Crippen LogP contribution is 2.36. The van der Waals surface area contributed by atoms with E-state index in [1.165, 1.54) is 6.07 Å². The summed E-state index contributed by atoms with van der Waals surface area (Å²) in [7, 11) is 0. The molecule has 1 atom stereocenters. The molecule has 2 N–H and O–H groups in total. The Morgan fingerprint density at radius 1 is 0.964 bits per heavy atom. The maximum atomic E-state index is 14.2. The molecule has 0 bridgehead atoms. The average Bonchev–Trinajstić information content (AvgIpc) is 2.70. The molecule has 0 heterocycles. The van der Waals surface area contributed by atoms with Crippen LogP contribution in [-0.2, 0) is 12.0 Å². The van der Waals surface area contributed by atoms with Crippen LogP contribution in [-0.4, -0.2) is 11.7 Å². The van der Waals surface area contributed by atoms with Crippen molar-refractivity contribution < 1.29 is 9.50 Å². The summed E-state index contributed by atoms with van der Waals surface area (Å²) in [6, 6.07) is 21.8. The molecule has 2 nitrogen and oxygen atoms in total. The van der Waals surface area contributed by atoms with Crippen molar-refractivity contribution in [2.24, 2.45) is 0 Å². The lowest BCUT2D eigenvalue weighted by Gasteiger charge is -2.37. The lowest BCUT2D eigenvalue weighted by atomic mass is 9.77. The van der Waals surface area contributed by atoms with E-state index < -0.39 is 5.54 Å². The minimum absolute atomic E-state index is 0.128. The smallest absolute Gasteiger partial charge is 0.123 e. The summed E-state index contributed by atoms with van der Waals surface area (Å²) < 4.78 is 14.2. The summed E-state index contributed by atoms with van der Waals surface area (Å²) in [5.74, 6) is -0.143. The highest BCUT2D eigenvalue weighted by atomic mass is 35.5. The standard InChI is InChI=1S/C24H25ClFNO/c1-2-3-14-27-24(19-8-5-4-6-9-19,20-10-7-11-21(26)15-20)17-18-12-13-22(28)16-23(18)25/h4-13,15-16,27-28H,2-3,14,17H2,1H3. The summed E-state index contributed by atoms with van der Waals surface area (Å²) in [4.78, 5) is 0. The zero-order valence-electron chi connectivity index (χ0n) is 16.0. The van der Waals surface area contributed by atoms with Crippen LogP contribution in [0.3, 0.4) is 0 Å². The number of rotatable bonds is 8. The predicted octanol–water partition coefficient (Wildman–Crippen LogP) is 6.06. The number of unbranched alkanes of at least 4 members (excludes halogenated alkanes) is 1. The SMILES string of the molecule is CCCCNC(Cc1ccc(O)cc1Cl)(c1ccccc1)c1cccc(F)c1. The van der Waals surface area contributed by atoms with Crippen molar-refractivity contribution in [3.8, 4) is 5.75 Å². The fourth-order valence-electron chi connectivity index (χ4n) is 3.56. The van der Waals surface area contributed by atoms with Crippen molar-refractivity contribution in [2.45, 2.75) is 31.7 Å². The van der Waals surface area contributed by atoms with Crippen LogP contribution in [0.4, 0.5) is 4.39 Å². The maximum absolute atomic E-state index is 14.2. The van der Waals surface area contributed by atoms with Gasteiger partial charge < -0.3 is 10.4 Å². The minimum Gasteiger partial charge on any atom is -0.508 e. The Morgan fingerprint density at radius 3 is 2.39 bits per heavy atom. The van der Waals surface area contributed by atoms with Crippen LogP contribution in [0.15, 0.2) is 72.8 Å². The van der Waals surface area contributed by atoms with Gasteiger partial charge in [-0.05, 0) is 53.9 Å². The van der Waals surface area contributed by atoms with Gasteiger partial charge in [0.05, 0.1) is 5.54 Å². The summed E-state index contributed by atoms with van der Waals surface area (Å²) in [5.41, 5.74) is 2.13. The van der Waals surface area contributed by atoms with Gasteiger partial charge in [0, 0.05) is 11.4 Å². The normalized spacial score (nSPS) is 13.2. The number of phenolic OH excluding ortho intramolecular Hbond substituents is 1. The summed E-state index contributed by atoms with van der Waals surface area (Å²) in [6.07, 6.45) is 2.59. The van der Waals surface area contributed by atoms with Gasteiger partial charge in [-0.1, -0.05) is 73.5 Å². The van der Waals surface area contributed by atoms with Gasteiger partial charge in [-0.25, -0.2) is 4.39 Å². The molecule has 1 unspecified atom stereocenters. The van der Waals surface area contributed by atoms with Gasteiger partial charge in [-0.15, -0.1) is 0 Å². The molecule has 0 amide bonds. The third kappa shape index (κ3) is 4.54. The molecule has 0 spiro atoms. The minimum atomic E-state index is -0.640. The number of hydrogen-bond donors (Lipinski definition) is 2. The van der Waals surface area contributed by atoms with Crippen molar-refractivity contribution in [2.75, 3.05) is 6.54 Å². The molecule has 3 rings (SSSR count). The molecule has 0 aromatic heterocycles. The fraction of sp³-hybridized carbons (Fsp3) is 0.250. The monoisotopic (exact) mass is 397 g/mol. The van der Waals surface area contributed by atoms with Gasteiger partial charge in [-0.2, -0.15) is 0 Å². The van der Waals surface area contributed by atoms with Crippen LogP contribution in [0.5, 0.6) is 5.75 Å². The largest absolute Gasteiger partial charge is 0.508 e. The summed E-state index contributed by atoms with van der Waals surface area (Å²) in [6.45, 7) is 2.93. The Hall–Kier alpha value is -2.36. The Kier molecular flexibility index (Phi) is 6.71. The van der Waals surface area contributed by atoms with Gasteiger partial charge in [0.2, 0.25) is 0 Å². The van der Waals surface area contributed by atoms with E-state index in [1.807, 2.05) is 30.3 Å². The number of aromatic hydroxyl groups is 1. The Bertz CT molecular complexity index is 915. The van der Waals surface area contributed by atoms with Gasteiger partial charge in [-0.3, -0.25) is 0 Å². The van der Waals surface area contributed by atoms with E-state index >= 15 is 0 Å². The molecule has 3 aromatic rings. The van der Waals surface area contributed by atoms with E-state index in [1.54, 1.807) is 24.3 Å². The molecule has 3 aromatic carbocycles. The van der Waals surface area contributed by atoms with E-state index in [4.69, 9.17) is 11.6 Å². The van der Waals surface area contributed by atoms with Crippen molar-refractivity contribution in [1.82, 2.24) is 5.32 Å². The van der Waals surface area contributed by atoms with E-state index in [-0.39, 0.29) is 11.6 Å². The Balaban J connectivity index is 2.16. The summed E-state index contributed by atoms with van der Waals surface area (Å²) in [5, 5.41) is 13.9. The van der Waals surface area contributed by atoms with Gasteiger partial charge in [0.15, 0.2) is 0 Å².